The lowest BCUT2D eigenvalue weighted by molar-refractivity contribution is -0.137. The molecule has 1 aliphatic carbocycles. The molecule has 4 aliphatic rings. The first-order chi connectivity index (χ1) is 35.6. The molecular weight excluding hydrogens is 960 g/mol. The Hall–Kier alpha value is -6.00. The Labute approximate surface area is 430 Å². The van der Waals surface area contributed by atoms with Crippen molar-refractivity contribution in [3.05, 3.63) is 90.0 Å². The average molecular weight is 1030 g/mol. The van der Waals surface area contributed by atoms with Crippen LogP contribution in [-0.2, 0) is 30.0 Å². The molecule has 1 saturated carbocycles. The summed E-state index contributed by atoms with van der Waals surface area (Å²) in [6, 6.07) is 13.7. The number of likely N-dealkylation sites (tertiary alicyclic amines) is 2. The minimum Gasteiger partial charge on any atom is -0.377 e. The number of aliphatic hydroxyl groups excluding tert-OH is 1. The third-order valence-electron chi connectivity index (χ3n) is 15.4. The molecule has 0 bridgehead atoms. The molecule has 0 radical (unpaired) electrons. The number of halogens is 3. The largest absolute Gasteiger partial charge is 0.416 e. The SMILES string of the molecule is CC(C)N(C)[C@@H]1CC[C@H](N2CC[C@H](Nc3ncnc4ccc(C(F)(F)F)cc34)C2O)[C@H](NC(=O)c2ccc(N3CCC(C(=O)NCCOCCOCCNC(=O)[C@H]4CC(=O)N(C)[C@@H]4c4cccnc4)CC3)cc2)C1. The van der Waals surface area contributed by atoms with Crippen LogP contribution in [0.3, 0.4) is 0 Å². The third-order valence-corrected chi connectivity index (χ3v) is 15.4. The Balaban J connectivity index is 0.749. The van der Waals surface area contributed by atoms with Crippen molar-refractivity contribution in [1.29, 1.82) is 0 Å². The maximum absolute atomic E-state index is 14.0. The fraction of sp³-hybridized carbons (Fsp3) is 0.566. The predicted octanol–water partition coefficient (Wildman–Crippen LogP) is 4.61. The lowest BCUT2D eigenvalue weighted by Crippen LogP contribution is -2.59. The summed E-state index contributed by atoms with van der Waals surface area (Å²) >= 11 is 0. The van der Waals surface area contributed by atoms with Crippen molar-refractivity contribution >= 4 is 46.0 Å². The van der Waals surface area contributed by atoms with Crippen molar-refractivity contribution < 1.29 is 46.9 Å². The number of benzene rings is 2. The zero-order chi connectivity index (χ0) is 52.5. The standard InChI is InChI=1S/C53H70F3N11O7/c1-33(2)64(3)39-12-14-45(67-23-17-43(52(67)72)62-48-40-28-37(53(54,55)56)9-13-42(40)60-32-61-48)44(29-39)63-50(70)34-7-10-38(11-8-34)66-21-15-35(16-22-66)49(69)58-19-24-73-26-27-74-25-20-59-51(71)41-30-46(68)65(4)47(41)36-6-5-18-57-31-36/h5-11,13,18,28,31-33,35,39,41,43-45,47,52,72H,12,14-17,19-27,29-30H2,1-4H3,(H,58,69)(H,59,71)(H,63,70)(H,60,61,62)/t39-,41+,43+,44-,45+,47-,52?/m1/s1. The second kappa shape index (κ2) is 24.6. The van der Waals surface area contributed by atoms with Crippen LogP contribution in [0.4, 0.5) is 24.7 Å². The number of nitrogens with zero attached hydrogens (tertiary/aromatic N) is 7. The first kappa shape index (κ1) is 54.3. The first-order valence-corrected chi connectivity index (χ1v) is 25.8. The van der Waals surface area contributed by atoms with E-state index in [0.29, 0.717) is 102 Å². The lowest BCUT2D eigenvalue weighted by Gasteiger charge is -2.45. The average Bonchev–Trinajstić information content (AvgIpc) is 3.92. The van der Waals surface area contributed by atoms with Crippen molar-refractivity contribution in [3.63, 3.8) is 0 Å². The molecule has 3 saturated heterocycles. The summed E-state index contributed by atoms with van der Waals surface area (Å²) in [4.78, 5) is 73.1. The number of hydrogen-bond acceptors (Lipinski definition) is 14. The highest BCUT2D eigenvalue weighted by Crippen LogP contribution is 2.38. The van der Waals surface area contributed by atoms with Crippen molar-refractivity contribution in [3.8, 4) is 0 Å². The van der Waals surface area contributed by atoms with E-state index in [1.54, 1.807) is 30.4 Å². The van der Waals surface area contributed by atoms with Gasteiger partial charge in [-0.1, -0.05) is 6.07 Å². The number of amides is 4. The molecule has 0 spiro atoms. The van der Waals surface area contributed by atoms with Gasteiger partial charge in [0, 0.05) is 105 Å². The molecule has 8 rings (SSSR count). The van der Waals surface area contributed by atoms with Crippen LogP contribution < -0.4 is 26.2 Å². The highest BCUT2D eigenvalue weighted by Gasteiger charge is 2.45. The molecule has 18 nitrogen and oxygen atoms in total. The molecular formula is C53H70F3N11O7. The van der Waals surface area contributed by atoms with E-state index < -0.39 is 29.9 Å². The maximum atomic E-state index is 14.0. The van der Waals surface area contributed by atoms with Crippen LogP contribution >= 0.6 is 0 Å². The number of aliphatic hydroxyl groups is 1. The van der Waals surface area contributed by atoms with E-state index in [-0.39, 0.29) is 71.3 Å². The topological polar surface area (TPSA) is 207 Å². The Bertz CT molecular complexity index is 2540. The summed E-state index contributed by atoms with van der Waals surface area (Å²) in [6.45, 7) is 8.13. The van der Waals surface area contributed by atoms with Crippen LogP contribution in [0.5, 0.6) is 0 Å². The number of hydrogen-bond donors (Lipinski definition) is 5. The number of carbonyl (C=O) groups excluding carboxylic acids is 4. The van der Waals surface area contributed by atoms with Crippen LogP contribution in [-0.4, -0.2) is 168 Å². The van der Waals surface area contributed by atoms with Gasteiger partial charge in [0.25, 0.3) is 5.91 Å². The first-order valence-electron chi connectivity index (χ1n) is 25.8. The Morgan fingerprint density at radius 2 is 1.59 bits per heavy atom. The van der Waals surface area contributed by atoms with Gasteiger partial charge >= 0.3 is 6.18 Å². The van der Waals surface area contributed by atoms with E-state index in [0.717, 1.165) is 36.2 Å². The molecule has 74 heavy (non-hydrogen) atoms. The van der Waals surface area contributed by atoms with E-state index in [4.69, 9.17) is 9.47 Å². The van der Waals surface area contributed by atoms with Crippen LogP contribution in [0.25, 0.3) is 10.9 Å². The fourth-order valence-electron chi connectivity index (χ4n) is 11.0. The fourth-order valence-corrected chi connectivity index (χ4v) is 11.0. The Morgan fingerprint density at radius 3 is 2.27 bits per heavy atom. The zero-order valence-corrected chi connectivity index (χ0v) is 42.6. The second-order valence-corrected chi connectivity index (χ2v) is 20.2. The number of nitrogens with one attached hydrogen (secondary N) is 4. The smallest absolute Gasteiger partial charge is 0.377 e. The van der Waals surface area contributed by atoms with Gasteiger partial charge in [0.05, 0.1) is 55.5 Å². The molecule has 400 valence electrons. The van der Waals surface area contributed by atoms with Crippen molar-refractivity contribution in [2.24, 2.45) is 11.8 Å². The van der Waals surface area contributed by atoms with E-state index >= 15 is 0 Å². The van der Waals surface area contributed by atoms with Gasteiger partial charge in [-0.3, -0.25) is 29.1 Å². The van der Waals surface area contributed by atoms with Gasteiger partial charge in [0.1, 0.15) is 18.4 Å². The number of rotatable bonds is 20. The van der Waals surface area contributed by atoms with Crippen LogP contribution in [0.1, 0.15) is 86.3 Å². The van der Waals surface area contributed by atoms with Gasteiger partial charge in [0.2, 0.25) is 17.7 Å². The summed E-state index contributed by atoms with van der Waals surface area (Å²) in [5.74, 6) is -0.919. The zero-order valence-electron chi connectivity index (χ0n) is 42.6. The number of aromatic nitrogens is 3. The monoisotopic (exact) mass is 1030 g/mol. The summed E-state index contributed by atoms with van der Waals surface area (Å²) in [6.07, 6.45) is 3.40. The minimum absolute atomic E-state index is 0.00779. The lowest BCUT2D eigenvalue weighted by atomic mass is 9.84. The molecule has 7 atom stereocenters. The van der Waals surface area contributed by atoms with Gasteiger partial charge in [-0.15, -0.1) is 0 Å². The predicted molar refractivity (Wildman–Crippen MR) is 272 cm³/mol. The number of carbonyl (C=O) groups is 4. The van der Waals surface area contributed by atoms with Crippen LogP contribution in [0, 0.1) is 11.8 Å². The highest BCUT2D eigenvalue weighted by molar-refractivity contribution is 5.95. The maximum Gasteiger partial charge on any atom is 0.416 e. The van der Waals surface area contributed by atoms with Crippen molar-refractivity contribution in [1.82, 2.24) is 45.6 Å². The molecule has 3 aliphatic heterocycles. The molecule has 2 aromatic carbocycles. The number of ether oxygens (including phenoxy) is 2. The van der Waals surface area contributed by atoms with Gasteiger partial charge < -0.3 is 50.5 Å². The Morgan fingerprint density at radius 1 is 0.878 bits per heavy atom. The molecule has 4 amide bonds. The quantitative estimate of drug-likeness (QED) is 0.0768. The highest BCUT2D eigenvalue weighted by atomic mass is 19.4. The van der Waals surface area contributed by atoms with Crippen LogP contribution in [0.15, 0.2) is 73.3 Å². The van der Waals surface area contributed by atoms with E-state index in [9.17, 15) is 37.5 Å². The van der Waals surface area contributed by atoms with Crippen molar-refractivity contribution in [2.45, 2.75) is 107 Å². The second-order valence-electron chi connectivity index (χ2n) is 20.2. The number of alkyl halides is 3. The third kappa shape index (κ3) is 13.1. The van der Waals surface area contributed by atoms with E-state index in [1.165, 1.54) is 12.4 Å². The van der Waals surface area contributed by atoms with Gasteiger partial charge in [-0.05, 0) is 114 Å². The summed E-state index contributed by atoms with van der Waals surface area (Å²) < 4.78 is 52.2. The normalized spacial score (nSPS) is 24.0. The number of piperidine rings is 1. The summed E-state index contributed by atoms with van der Waals surface area (Å²) in [5, 5.41) is 24.4. The van der Waals surface area contributed by atoms with Gasteiger partial charge in [0.15, 0.2) is 0 Å². The van der Waals surface area contributed by atoms with Gasteiger partial charge in [-0.25, -0.2) is 9.97 Å². The molecule has 1 unspecified atom stereocenters. The van der Waals surface area contributed by atoms with E-state index in [2.05, 4.69) is 66.9 Å². The summed E-state index contributed by atoms with van der Waals surface area (Å²) in [5.41, 5.74) is 1.85. The molecule has 5 heterocycles. The van der Waals surface area contributed by atoms with Crippen LogP contribution in [0.2, 0.25) is 0 Å². The molecule has 5 N–H and O–H groups in total. The Kier molecular flexibility index (Phi) is 18.0. The molecule has 2 aromatic heterocycles. The number of anilines is 2. The number of fused-ring (bicyclic) bond motifs is 1. The summed E-state index contributed by atoms with van der Waals surface area (Å²) in [7, 11) is 3.80. The molecule has 21 heteroatoms. The van der Waals surface area contributed by atoms with Gasteiger partial charge in [-0.2, -0.15) is 13.2 Å². The minimum atomic E-state index is -4.54. The van der Waals surface area contributed by atoms with Crippen molar-refractivity contribution in [2.75, 3.05) is 83.5 Å². The molecule has 4 fully saturated rings. The van der Waals surface area contributed by atoms with E-state index in [1.807, 2.05) is 35.2 Å². The molecule has 4 aromatic rings. The number of pyridine rings is 1.